The number of allylic oxidation sites excluding steroid dienone is 2. The van der Waals surface area contributed by atoms with E-state index in [2.05, 4.69) is 4.90 Å². The van der Waals surface area contributed by atoms with Crippen molar-refractivity contribution in [2.75, 3.05) is 34.9 Å². The van der Waals surface area contributed by atoms with Gasteiger partial charge >= 0.3 is 0 Å². The average Bonchev–Trinajstić information content (AvgIpc) is 3.25. The van der Waals surface area contributed by atoms with Gasteiger partial charge in [0.15, 0.2) is 11.5 Å². The van der Waals surface area contributed by atoms with Crippen molar-refractivity contribution in [3.63, 3.8) is 0 Å². The van der Waals surface area contributed by atoms with Gasteiger partial charge in [0, 0.05) is 17.9 Å². The van der Waals surface area contributed by atoms with E-state index in [4.69, 9.17) is 18.9 Å². The van der Waals surface area contributed by atoms with E-state index in [1.165, 1.54) is 27.4 Å². The van der Waals surface area contributed by atoms with Crippen molar-refractivity contribution in [3.8, 4) is 0 Å². The monoisotopic (exact) mass is 389 g/mol. The fraction of sp³-hybridized carbons (Fsp3) is 0.550. The third-order valence-electron chi connectivity index (χ3n) is 7.03. The molecule has 0 aromatic rings. The van der Waals surface area contributed by atoms with Crippen LogP contribution in [0.1, 0.15) is 12.8 Å². The summed E-state index contributed by atoms with van der Waals surface area (Å²) in [7, 11) is 6.25. The van der Waals surface area contributed by atoms with E-state index in [-0.39, 0.29) is 29.5 Å². The van der Waals surface area contributed by atoms with Crippen LogP contribution in [-0.4, -0.2) is 69.5 Å². The minimum Gasteiger partial charge on any atom is -0.495 e. The van der Waals surface area contributed by atoms with E-state index < -0.39 is 22.5 Å². The Kier molecular flexibility index (Phi) is 3.98. The zero-order valence-corrected chi connectivity index (χ0v) is 16.3. The molecule has 0 bridgehead atoms. The molecule has 1 fully saturated rings. The fourth-order valence-electron chi connectivity index (χ4n) is 5.96. The number of likely N-dealkylation sites (tertiary alicyclic amines) is 1. The molecule has 4 aliphatic rings. The van der Waals surface area contributed by atoms with E-state index in [9.17, 15) is 14.4 Å². The van der Waals surface area contributed by atoms with Crippen LogP contribution in [0.25, 0.3) is 0 Å². The van der Waals surface area contributed by atoms with Crippen LogP contribution in [-0.2, 0) is 33.3 Å². The summed E-state index contributed by atoms with van der Waals surface area (Å²) in [6.07, 6.45) is 4.93. The second kappa shape index (κ2) is 5.94. The molecule has 0 N–H and O–H groups in total. The predicted molar refractivity (Wildman–Crippen MR) is 95.7 cm³/mol. The normalized spacial score (nSPS) is 39.1. The smallest absolute Gasteiger partial charge is 0.293 e. The van der Waals surface area contributed by atoms with Crippen LogP contribution in [0.15, 0.2) is 35.5 Å². The number of likely N-dealkylation sites (N-methyl/N-ethyl adjacent to an activating group) is 1. The number of ketones is 2. The maximum absolute atomic E-state index is 13.5. The Hall–Kier alpha value is -2.61. The highest BCUT2D eigenvalue weighted by atomic mass is 16.5. The molecule has 8 heteroatoms. The number of rotatable bonds is 5. The SMILES string of the molecule is COC1=C[C@H](OC=O)[C@]2(C=C[C@@]34C(OC)=C(OC)C(=O)C[C@@]23CCN4C)C1=O. The summed E-state index contributed by atoms with van der Waals surface area (Å²) in [5.74, 6) is 0.134. The molecule has 0 aromatic heterocycles. The van der Waals surface area contributed by atoms with E-state index in [0.29, 0.717) is 25.2 Å². The van der Waals surface area contributed by atoms with Crippen LogP contribution in [0.3, 0.4) is 0 Å². The van der Waals surface area contributed by atoms with Gasteiger partial charge in [0.1, 0.15) is 17.1 Å². The number of Topliss-reactive ketones (excluding diaryl/α,β-unsaturated/α-hetero) is 2. The average molecular weight is 389 g/mol. The van der Waals surface area contributed by atoms with Gasteiger partial charge in [-0.15, -0.1) is 0 Å². The highest BCUT2D eigenvalue weighted by Crippen LogP contribution is 2.71. The first-order chi connectivity index (χ1) is 13.4. The lowest BCUT2D eigenvalue weighted by Gasteiger charge is -2.53. The van der Waals surface area contributed by atoms with Gasteiger partial charge in [0.05, 0.1) is 21.3 Å². The molecule has 28 heavy (non-hydrogen) atoms. The molecule has 1 spiro atoms. The van der Waals surface area contributed by atoms with Crippen LogP contribution >= 0.6 is 0 Å². The summed E-state index contributed by atoms with van der Waals surface area (Å²) in [6.45, 7) is 0.961. The van der Waals surface area contributed by atoms with Crippen LogP contribution in [0.4, 0.5) is 0 Å². The van der Waals surface area contributed by atoms with Gasteiger partial charge in [0.2, 0.25) is 17.3 Å². The van der Waals surface area contributed by atoms with Crippen molar-refractivity contribution in [3.05, 3.63) is 35.5 Å². The van der Waals surface area contributed by atoms with E-state index >= 15 is 0 Å². The molecule has 0 saturated carbocycles. The van der Waals surface area contributed by atoms with Crippen molar-refractivity contribution in [2.45, 2.75) is 24.5 Å². The molecule has 150 valence electrons. The van der Waals surface area contributed by atoms with Gasteiger partial charge in [-0.25, -0.2) is 0 Å². The summed E-state index contributed by atoms with van der Waals surface area (Å²) in [6, 6.07) is 0. The zero-order chi connectivity index (χ0) is 20.3. The Bertz CT molecular complexity index is 859. The van der Waals surface area contributed by atoms with Crippen molar-refractivity contribution >= 4 is 18.0 Å². The number of nitrogens with zero attached hydrogens (tertiary/aromatic N) is 1. The first-order valence-electron chi connectivity index (χ1n) is 9.07. The highest BCUT2D eigenvalue weighted by Gasteiger charge is 2.79. The molecule has 0 amide bonds. The lowest BCUT2D eigenvalue weighted by molar-refractivity contribution is -0.153. The lowest BCUT2D eigenvalue weighted by Crippen LogP contribution is -2.63. The molecule has 4 atom stereocenters. The third kappa shape index (κ3) is 1.73. The number of carbonyl (C=O) groups excluding carboxylic acids is 3. The number of methoxy groups -OCH3 is 3. The van der Waals surface area contributed by atoms with Crippen molar-refractivity contribution in [2.24, 2.45) is 10.8 Å². The Labute approximate surface area is 162 Å². The van der Waals surface area contributed by atoms with Gasteiger partial charge in [-0.3, -0.25) is 19.3 Å². The van der Waals surface area contributed by atoms with Crippen LogP contribution in [0, 0.1) is 10.8 Å². The Morgan fingerprint density at radius 1 is 1.14 bits per heavy atom. The van der Waals surface area contributed by atoms with E-state index in [1.54, 1.807) is 6.08 Å². The van der Waals surface area contributed by atoms with E-state index in [1.807, 2.05) is 13.1 Å². The fourth-order valence-corrected chi connectivity index (χ4v) is 5.96. The lowest BCUT2D eigenvalue weighted by atomic mass is 9.51. The molecular formula is C20H23NO7. The summed E-state index contributed by atoms with van der Waals surface area (Å²) in [5, 5.41) is 0. The predicted octanol–water partition coefficient (Wildman–Crippen LogP) is 0.735. The second-order valence-corrected chi connectivity index (χ2v) is 7.61. The summed E-state index contributed by atoms with van der Waals surface area (Å²) < 4.78 is 21.7. The van der Waals surface area contributed by atoms with Crippen LogP contribution < -0.4 is 0 Å². The minimum absolute atomic E-state index is 0.0651. The first kappa shape index (κ1) is 18.7. The standard InChI is InChI=1S/C20H23NO7/c1-21-8-7-18-10-12(23)15(26-3)17(27-4)20(18,21)6-5-19(18)14(28-11-22)9-13(25-2)16(19)24/h5-6,9,11,14H,7-8,10H2,1-4H3/t14-,18-,19+,20+/m0/s1. The molecule has 0 radical (unpaired) electrons. The molecule has 1 aliphatic heterocycles. The molecular weight excluding hydrogens is 366 g/mol. The molecule has 1 saturated heterocycles. The minimum atomic E-state index is -1.25. The van der Waals surface area contributed by atoms with Crippen molar-refractivity contribution < 1.29 is 33.3 Å². The highest BCUT2D eigenvalue weighted by molar-refractivity contribution is 6.07. The molecule has 4 rings (SSSR count). The quantitative estimate of drug-likeness (QED) is 0.502. The van der Waals surface area contributed by atoms with Crippen LogP contribution in [0.2, 0.25) is 0 Å². The zero-order valence-electron chi connectivity index (χ0n) is 16.3. The molecule has 8 nitrogen and oxygen atoms in total. The second-order valence-electron chi connectivity index (χ2n) is 7.61. The maximum atomic E-state index is 13.5. The number of hydrogen-bond donors (Lipinski definition) is 0. The molecule has 0 aromatic carbocycles. The maximum Gasteiger partial charge on any atom is 0.293 e. The molecule has 1 heterocycles. The summed E-state index contributed by atoms with van der Waals surface area (Å²) in [4.78, 5) is 39.9. The van der Waals surface area contributed by atoms with Gasteiger partial charge < -0.3 is 18.9 Å². The molecule has 3 aliphatic carbocycles. The molecule has 0 unspecified atom stereocenters. The van der Waals surface area contributed by atoms with Crippen LogP contribution in [0.5, 0.6) is 0 Å². The van der Waals surface area contributed by atoms with Gasteiger partial charge in [0.25, 0.3) is 6.47 Å². The van der Waals surface area contributed by atoms with E-state index in [0.717, 1.165) is 0 Å². The number of ether oxygens (including phenoxy) is 4. The third-order valence-corrected chi connectivity index (χ3v) is 7.03. The van der Waals surface area contributed by atoms with Gasteiger partial charge in [-0.1, -0.05) is 12.2 Å². The Morgan fingerprint density at radius 2 is 1.89 bits per heavy atom. The van der Waals surface area contributed by atoms with Crippen molar-refractivity contribution in [1.29, 1.82) is 0 Å². The largest absolute Gasteiger partial charge is 0.495 e. The topological polar surface area (TPSA) is 91.4 Å². The number of hydrogen-bond acceptors (Lipinski definition) is 8. The number of carbonyl (C=O) groups is 3. The summed E-state index contributed by atoms with van der Waals surface area (Å²) >= 11 is 0. The van der Waals surface area contributed by atoms with Crippen molar-refractivity contribution in [1.82, 2.24) is 4.90 Å². The van der Waals surface area contributed by atoms with Gasteiger partial charge in [-0.2, -0.15) is 0 Å². The summed E-state index contributed by atoms with van der Waals surface area (Å²) in [5.41, 5.74) is -3.00. The Balaban J connectivity index is 2.01. The van der Waals surface area contributed by atoms with Gasteiger partial charge in [-0.05, 0) is 20.0 Å². The first-order valence-corrected chi connectivity index (χ1v) is 9.07. The Morgan fingerprint density at radius 3 is 2.50 bits per heavy atom.